The number of hydrogen-bond donors (Lipinski definition) is 3. The SMILES string of the molecule is O=C(NCCCN(C(=O)Nc1ccc(Cl)cc1)c1ccc(Oc2ccccc2)cc1)Nc1cccc2ccccc12. The summed E-state index contributed by atoms with van der Waals surface area (Å²) in [5.41, 5.74) is 2.06. The van der Waals surface area contributed by atoms with Gasteiger partial charge in [0.25, 0.3) is 0 Å². The Bertz CT molecular complexity index is 1600. The minimum atomic E-state index is -0.305. The lowest BCUT2D eigenvalue weighted by Crippen LogP contribution is -2.38. The summed E-state index contributed by atoms with van der Waals surface area (Å²) in [4.78, 5) is 27.6. The monoisotopic (exact) mass is 564 g/mol. The van der Waals surface area contributed by atoms with Crippen molar-refractivity contribution in [2.45, 2.75) is 6.42 Å². The Balaban J connectivity index is 1.22. The van der Waals surface area contributed by atoms with Crippen molar-refractivity contribution >= 4 is 51.5 Å². The van der Waals surface area contributed by atoms with Crippen LogP contribution in [0.1, 0.15) is 6.42 Å². The molecule has 0 aliphatic carbocycles. The van der Waals surface area contributed by atoms with E-state index in [1.165, 1.54) is 0 Å². The van der Waals surface area contributed by atoms with Gasteiger partial charge in [0, 0.05) is 34.9 Å². The number of benzene rings is 5. The molecule has 5 rings (SSSR count). The van der Waals surface area contributed by atoms with Gasteiger partial charge in [0.1, 0.15) is 11.5 Å². The Kier molecular flexibility index (Phi) is 8.98. The Morgan fingerprint density at radius 1 is 0.707 bits per heavy atom. The summed E-state index contributed by atoms with van der Waals surface area (Å²) in [7, 11) is 0. The average Bonchev–Trinajstić information content (AvgIpc) is 2.99. The molecule has 8 heteroatoms. The molecule has 0 spiro atoms. The third-order valence-electron chi connectivity index (χ3n) is 6.35. The van der Waals surface area contributed by atoms with E-state index in [0.29, 0.717) is 41.7 Å². The normalized spacial score (nSPS) is 10.6. The molecule has 0 bridgehead atoms. The Labute approximate surface area is 243 Å². The molecular formula is C33H29ClN4O3. The summed E-state index contributed by atoms with van der Waals surface area (Å²) in [5.74, 6) is 1.38. The standard InChI is InChI=1S/C33H29ClN4O3/c34-25-14-16-26(17-15-25)36-33(40)38(27-18-20-29(21-19-27)41-28-10-2-1-3-11-28)23-7-22-35-32(39)37-31-13-6-9-24-8-4-5-12-30(24)31/h1-6,8-21H,7,22-23H2,(H,36,40)(H2,35,37,39). The minimum Gasteiger partial charge on any atom is -0.457 e. The van der Waals surface area contributed by atoms with Gasteiger partial charge in [0.05, 0.1) is 5.69 Å². The Morgan fingerprint density at radius 2 is 1.39 bits per heavy atom. The molecule has 0 fully saturated rings. The van der Waals surface area contributed by atoms with E-state index in [4.69, 9.17) is 16.3 Å². The lowest BCUT2D eigenvalue weighted by molar-refractivity contribution is 0.252. The van der Waals surface area contributed by atoms with E-state index < -0.39 is 0 Å². The van der Waals surface area contributed by atoms with Gasteiger partial charge in [-0.1, -0.05) is 66.2 Å². The van der Waals surface area contributed by atoms with Gasteiger partial charge >= 0.3 is 12.1 Å². The maximum Gasteiger partial charge on any atom is 0.326 e. The van der Waals surface area contributed by atoms with Crippen LogP contribution in [-0.4, -0.2) is 25.2 Å². The quantitative estimate of drug-likeness (QED) is 0.157. The van der Waals surface area contributed by atoms with Crippen LogP contribution in [0.25, 0.3) is 10.8 Å². The fourth-order valence-electron chi connectivity index (χ4n) is 4.33. The fraction of sp³-hybridized carbons (Fsp3) is 0.0909. The summed E-state index contributed by atoms with van der Waals surface area (Å²) in [6.45, 7) is 0.739. The number of carbonyl (C=O) groups excluding carboxylic acids is 2. The number of anilines is 3. The van der Waals surface area contributed by atoms with Crippen LogP contribution in [0.15, 0.2) is 121 Å². The molecule has 0 atom stereocenters. The van der Waals surface area contributed by atoms with E-state index in [0.717, 1.165) is 22.2 Å². The molecule has 0 aromatic heterocycles. The second-order valence-electron chi connectivity index (χ2n) is 9.26. The first-order valence-corrected chi connectivity index (χ1v) is 13.6. The predicted octanol–water partition coefficient (Wildman–Crippen LogP) is 8.54. The first-order chi connectivity index (χ1) is 20.0. The van der Waals surface area contributed by atoms with Gasteiger partial charge in [0.2, 0.25) is 0 Å². The molecule has 0 aliphatic rings. The summed E-state index contributed by atoms with van der Waals surface area (Å²) in [5, 5.41) is 11.3. The highest BCUT2D eigenvalue weighted by Crippen LogP contribution is 2.26. The van der Waals surface area contributed by atoms with Crippen molar-refractivity contribution in [3.63, 3.8) is 0 Å². The van der Waals surface area contributed by atoms with E-state index in [9.17, 15) is 9.59 Å². The van der Waals surface area contributed by atoms with E-state index in [1.54, 1.807) is 29.2 Å². The summed E-state index contributed by atoms with van der Waals surface area (Å²) < 4.78 is 5.89. The molecule has 0 aliphatic heterocycles. The summed E-state index contributed by atoms with van der Waals surface area (Å²) in [6.07, 6.45) is 0.527. The number of urea groups is 2. The predicted molar refractivity (Wildman–Crippen MR) is 166 cm³/mol. The second kappa shape index (κ2) is 13.4. The van der Waals surface area contributed by atoms with E-state index in [2.05, 4.69) is 16.0 Å². The van der Waals surface area contributed by atoms with Gasteiger partial charge in [-0.25, -0.2) is 9.59 Å². The molecule has 0 saturated heterocycles. The minimum absolute atomic E-state index is 0.302. The van der Waals surface area contributed by atoms with Crippen LogP contribution in [0.4, 0.5) is 26.7 Å². The van der Waals surface area contributed by atoms with Crippen molar-refractivity contribution in [2.75, 3.05) is 28.6 Å². The molecule has 7 nitrogen and oxygen atoms in total. The molecule has 0 radical (unpaired) electrons. The number of para-hydroxylation sites is 1. The number of ether oxygens (including phenoxy) is 1. The number of amides is 4. The molecule has 3 N–H and O–H groups in total. The van der Waals surface area contributed by atoms with Crippen molar-refractivity contribution in [1.29, 1.82) is 0 Å². The van der Waals surface area contributed by atoms with Crippen LogP contribution in [-0.2, 0) is 0 Å². The van der Waals surface area contributed by atoms with Crippen molar-refractivity contribution < 1.29 is 14.3 Å². The number of halogens is 1. The fourth-order valence-corrected chi connectivity index (χ4v) is 4.46. The largest absolute Gasteiger partial charge is 0.457 e. The third kappa shape index (κ3) is 7.56. The number of fused-ring (bicyclic) bond motifs is 1. The van der Waals surface area contributed by atoms with Crippen LogP contribution in [0.3, 0.4) is 0 Å². The highest BCUT2D eigenvalue weighted by molar-refractivity contribution is 6.30. The third-order valence-corrected chi connectivity index (χ3v) is 6.60. The van der Waals surface area contributed by atoms with Crippen LogP contribution in [0.2, 0.25) is 5.02 Å². The van der Waals surface area contributed by atoms with Gasteiger partial charge in [-0.3, -0.25) is 4.90 Å². The topological polar surface area (TPSA) is 82.7 Å². The van der Waals surface area contributed by atoms with Gasteiger partial charge < -0.3 is 20.7 Å². The van der Waals surface area contributed by atoms with Crippen molar-refractivity contribution in [3.05, 3.63) is 126 Å². The summed E-state index contributed by atoms with van der Waals surface area (Å²) in [6, 6.07) is 36.8. The molecule has 0 saturated carbocycles. The van der Waals surface area contributed by atoms with Crippen molar-refractivity contribution in [3.8, 4) is 11.5 Å². The van der Waals surface area contributed by atoms with Crippen LogP contribution < -0.4 is 25.6 Å². The number of carbonyl (C=O) groups is 2. The van der Waals surface area contributed by atoms with Crippen LogP contribution in [0.5, 0.6) is 11.5 Å². The molecule has 0 heterocycles. The lowest BCUT2D eigenvalue weighted by atomic mass is 10.1. The van der Waals surface area contributed by atoms with Gasteiger partial charge in [-0.15, -0.1) is 0 Å². The maximum absolute atomic E-state index is 13.3. The van der Waals surface area contributed by atoms with Crippen molar-refractivity contribution in [1.82, 2.24) is 5.32 Å². The smallest absolute Gasteiger partial charge is 0.326 e. The number of rotatable bonds is 9. The van der Waals surface area contributed by atoms with E-state index >= 15 is 0 Å². The average molecular weight is 565 g/mol. The zero-order valence-corrected chi connectivity index (χ0v) is 23.0. The molecule has 5 aromatic rings. The van der Waals surface area contributed by atoms with Gasteiger partial charge in [-0.05, 0) is 78.5 Å². The molecule has 206 valence electrons. The number of hydrogen-bond acceptors (Lipinski definition) is 3. The zero-order valence-electron chi connectivity index (χ0n) is 22.2. The van der Waals surface area contributed by atoms with Crippen LogP contribution in [0, 0.1) is 0 Å². The van der Waals surface area contributed by atoms with E-state index in [-0.39, 0.29) is 12.1 Å². The number of nitrogens with zero attached hydrogens (tertiary/aromatic N) is 1. The second-order valence-corrected chi connectivity index (χ2v) is 9.70. The Morgan fingerprint density at radius 3 is 2.17 bits per heavy atom. The van der Waals surface area contributed by atoms with Crippen LogP contribution >= 0.6 is 11.6 Å². The maximum atomic E-state index is 13.3. The highest BCUT2D eigenvalue weighted by atomic mass is 35.5. The molecule has 0 unspecified atom stereocenters. The van der Waals surface area contributed by atoms with Gasteiger partial charge in [-0.2, -0.15) is 0 Å². The molecule has 5 aromatic carbocycles. The van der Waals surface area contributed by atoms with Gasteiger partial charge in [0.15, 0.2) is 0 Å². The number of nitrogens with one attached hydrogen (secondary N) is 3. The molecule has 4 amide bonds. The summed E-state index contributed by atoms with van der Waals surface area (Å²) >= 11 is 5.99. The highest BCUT2D eigenvalue weighted by Gasteiger charge is 2.16. The van der Waals surface area contributed by atoms with E-state index in [1.807, 2.05) is 97.1 Å². The molecule has 41 heavy (non-hydrogen) atoms. The molecular weight excluding hydrogens is 536 g/mol. The first kappa shape index (κ1) is 27.6. The Hall–Kier alpha value is -5.01. The zero-order chi connectivity index (χ0) is 28.4. The van der Waals surface area contributed by atoms with Crippen molar-refractivity contribution in [2.24, 2.45) is 0 Å². The lowest BCUT2D eigenvalue weighted by Gasteiger charge is -2.24. The first-order valence-electron chi connectivity index (χ1n) is 13.2.